The summed E-state index contributed by atoms with van der Waals surface area (Å²) in [7, 11) is 0. The number of nitro benzene ring substituents is 1. The van der Waals surface area contributed by atoms with Crippen LogP contribution in [0, 0.1) is 10.1 Å². The number of rotatable bonds is 5. The number of hydrogen-bond donors (Lipinski definition) is 2. The topological polar surface area (TPSA) is 98.3 Å². The molecule has 1 rings (SSSR count). The maximum absolute atomic E-state index is 11.6. The number of hydrogen-bond acceptors (Lipinski definition) is 4. The molecule has 1 aromatic rings. The van der Waals surface area contributed by atoms with E-state index in [-0.39, 0.29) is 16.3 Å². The fourth-order valence-electron chi connectivity index (χ4n) is 1.22. The maximum atomic E-state index is 11.6. The third-order valence-electron chi connectivity index (χ3n) is 2.02. The monoisotopic (exact) mass is 257 g/mol. The van der Waals surface area contributed by atoms with Crippen molar-refractivity contribution in [1.29, 1.82) is 0 Å². The summed E-state index contributed by atoms with van der Waals surface area (Å²) < 4.78 is 0. The van der Waals surface area contributed by atoms with Crippen LogP contribution in [0.3, 0.4) is 0 Å². The molecule has 1 aromatic carbocycles. The number of non-ortho nitro benzene ring substituents is 1. The van der Waals surface area contributed by atoms with Gasteiger partial charge in [0.15, 0.2) is 0 Å². The summed E-state index contributed by atoms with van der Waals surface area (Å²) in [5.41, 5.74) is 5.24. The first kappa shape index (κ1) is 13.4. The third kappa shape index (κ3) is 4.01. The van der Waals surface area contributed by atoms with Crippen molar-refractivity contribution in [1.82, 2.24) is 5.32 Å². The van der Waals surface area contributed by atoms with Gasteiger partial charge in [-0.05, 0) is 19.0 Å². The van der Waals surface area contributed by atoms with Gasteiger partial charge in [-0.2, -0.15) is 0 Å². The van der Waals surface area contributed by atoms with Crippen LogP contribution in [0.25, 0.3) is 0 Å². The van der Waals surface area contributed by atoms with E-state index in [9.17, 15) is 14.9 Å². The quantitative estimate of drug-likeness (QED) is 0.472. The van der Waals surface area contributed by atoms with E-state index in [0.717, 1.165) is 0 Å². The molecule has 0 saturated carbocycles. The smallest absolute Gasteiger partial charge is 0.271 e. The van der Waals surface area contributed by atoms with E-state index in [0.29, 0.717) is 19.5 Å². The number of nitrogens with zero attached hydrogens (tertiary/aromatic N) is 1. The molecule has 0 spiro atoms. The van der Waals surface area contributed by atoms with E-state index in [4.69, 9.17) is 17.3 Å². The molecule has 6 nitrogen and oxygen atoms in total. The van der Waals surface area contributed by atoms with Crippen LogP contribution in [0.5, 0.6) is 0 Å². The number of halogens is 1. The molecule has 0 radical (unpaired) electrons. The van der Waals surface area contributed by atoms with Gasteiger partial charge in [-0.15, -0.1) is 0 Å². The Morgan fingerprint density at radius 1 is 1.47 bits per heavy atom. The number of amides is 1. The van der Waals surface area contributed by atoms with Gasteiger partial charge < -0.3 is 11.1 Å². The third-order valence-corrected chi connectivity index (χ3v) is 2.24. The summed E-state index contributed by atoms with van der Waals surface area (Å²) in [6.45, 7) is 0.894. The number of nitro groups is 1. The molecular weight excluding hydrogens is 246 g/mol. The number of nitrogens with two attached hydrogens (primary N) is 1. The van der Waals surface area contributed by atoms with Crippen LogP contribution < -0.4 is 11.1 Å². The van der Waals surface area contributed by atoms with Gasteiger partial charge in [-0.3, -0.25) is 14.9 Å². The lowest BCUT2D eigenvalue weighted by atomic mass is 10.2. The van der Waals surface area contributed by atoms with Gasteiger partial charge in [0.05, 0.1) is 4.92 Å². The van der Waals surface area contributed by atoms with Crippen molar-refractivity contribution >= 4 is 23.2 Å². The summed E-state index contributed by atoms with van der Waals surface area (Å²) in [5.74, 6) is -0.399. The first-order valence-electron chi connectivity index (χ1n) is 4.98. The van der Waals surface area contributed by atoms with Crippen molar-refractivity contribution in [3.05, 3.63) is 38.9 Å². The molecule has 0 aliphatic carbocycles. The summed E-state index contributed by atoms with van der Waals surface area (Å²) in [6, 6.07) is 3.76. The summed E-state index contributed by atoms with van der Waals surface area (Å²) >= 11 is 5.70. The molecule has 0 heterocycles. The van der Waals surface area contributed by atoms with E-state index in [2.05, 4.69) is 5.32 Å². The van der Waals surface area contributed by atoms with Gasteiger partial charge in [-0.25, -0.2) is 0 Å². The second-order valence-corrected chi connectivity index (χ2v) is 3.79. The van der Waals surface area contributed by atoms with E-state index >= 15 is 0 Å². The van der Waals surface area contributed by atoms with E-state index in [1.54, 1.807) is 0 Å². The first-order valence-corrected chi connectivity index (χ1v) is 5.35. The van der Waals surface area contributed by atoms with Gasteiger partial charge in [0, 0.05) is 29.3 Å². The molecule has 0 saturated heterocycles. The highest BCUT2D eigenvalue weighted by Gasteiger charge is 2.13. The predicted octanol–water partition coefficient (Wildman–Crippen LogP) is 1.33. The Labute approximate surface area is 103 Å². The Bertz CT molecular complexity index is 437. The molecule has 0 bridgehead atoms. The Morgan fingerprint density at radius 2 is 2.18 bits per heavy atom. The van der Waals surface area contributed by atoms with E-state index in [1.807, 2.05) is 0 Å². The average molecular weight is 258 g/mol. The van der Waals surface area contributed by atoms with E-state index < -0.39 is 10.8 Å². The summed E-state index contributed by atoms with van der Waals surface area (Å²) in [6.07, 6.45) is 0.647. The van der Waals surface area contributed by atoms with Crippen LogP contribution in [-0.2, 0) is 0 Å². The Kier molecular flexibility index (Phi) is 4.86. The maximum Gasteiger partial charge on any atom is 0.271 e. The van der Waals surface area contributed by atoms with E-state index in [1.165, 1.54) is 18.2 Å². The van der Waals surface area contributed by atoms with Gasteiger partial charge in [0.2, 0.25) is 0 Å². The first-order chi connectivity index (χ1) is 8.04. The lowest BCUT2D eigenvalue weighted by Gasteiger charge is -2.04. The normalized spacial score (nSPS) is 10.0. The van der Waals surface area contributed by atoms with Gasteiger partial charge >= 0.3 is 0 Å². The molecule has 0 aliphatic rings. The number of carbonyl (C=O) groups excluding carboxylic acids is 1. The van der Waals surface area contributed by atoms with Crippen LogP contribution in [0.1, 0.15) is 16.8 Å². The van der Waals surface area contributed by atoms with Crippen LogP contribution in [0.4, 0.5) is 5.69 Å². The lowest BCUT2D eigenvalue weighted by Crippen LogP contribution is -2.26. The molecule has 1 amide bonds. The van der Waals surface area contributed by atoms with Crippen LogP contribution in [-0.4, -0.2) is 23.9 Å². The number of nitrogens with one attached hydrogen (secondary N) is 1. The highest BCUT2D eigenvalue weighted by atomic mass is 35.5. The van der Waals surface area contributed by atoms with Crippen molar-refractivity contribution in [3.63, 3.8) is 0 Å². The zero-order valence-corrected chi connectivity index (χ0v) is 9.74. The van der Waals surface area contributed by atoms with Crippen molar-refractivity contribution in [2.45, 2.75) is 6.42 Å². The lowest BCUT2D eigenvalue weighted by molar-refractivity contribution is -0.384. The fourth-order valence-corrected chi connectivity index (χ4v) is 1.45. The Hall–Kier alpha value is -1.66. The zero-order chi connectivity index (χ0) is 12.8. The summed E-state index contributed by atoms with van der Waals surface area (Å²) in [4.78, 5) is 21.6. The SMILES string of the molecule is NCCCNC(=O)c1cc(Cl)cc([N+](=O)[O-])c1. The van der Waals surface area contributed by atoms with Gasteiger partial charge in [0.1, 0.15) is 0 Å². The second-order valence-electron chi connectivity index (χ2n) is 3.35. The molecular formula is C10H12ClN3O3. The molecule has 0 aliphatic heterocycles. The number of benzene rings is 1. The molecule has 92 valence electrons. The van der Waals surface area contributed by atoms with Crippen molar-refractivity contribution in [2.75, 3.05) is 13.1 Å². The van der Waals surface area contributed by atoms with Gasteiger partial charge in [0.25, 0.3) is 11.6 Å². The van der Waals surface area contributed by atoms with Crippen molar-refractivity contribution in [2.24, 2.45) is 5.73 Å². The standard InChI is InChI=1S/C10H12ClN3O3/c11-8-4-7(5-9(6-8)14(16)17)10(15)13-3-1-2-12/h4-6H,1-3,12H2,(H,13,15). The molecule has 0 aromatic heterocycles. The average Bonchev–Trinajstić information content (AvgIpc) is 2.28. The molecule has 17 heavy (non-hydrogen) atoms. The molecule has 3 N–H and O–H groups in total. The Morgan fingerprint density at radius 3 is 2.76 bits per heavy atom. The largest absolute Gasteiger partial charge is 0.352 e. The van der Waals surface area contributed by atoms with Crippen LogP contribution in [0.15, 0.2) is 18.2 Å². The minimum atomic E-state index is -0.595. The minimum Gasteiger partial charge on any atom is -0.352 e. The van der Waals surface area contributed by atoms with Gasteiger partial charge in [-0.1, -0.05) is 11.6 Å². The van der Waals surface area contributed by atoms with Crippen LogP contribution in [0.2, 0.25) is 5.02 Å². The number of carbonyl (C=O) groups is 1. The molecule has 0 fully saturated rings. The van der Waals surface area contributed by atoms with Crippen molar-refractivity contribution in [3.8, 4) is 0 Å². The molecule has 0 atom stereocenters. The highest BCUT2D eigenvalue weighted by molar-refractivity contribution is 6.31. The minimum absolute atomic E-state index is 0.156. The second kappa shape index (κ2) is 6.17. The Balaban J connectivity index is 2.82. The molecule has 7 heteroatoms. The summed E-state index contributed by atoms with van der Waals surface area (Å²) in [5, 5.41) is 13.3. The van der Waals surface area contributed by atoms with Crippen molar-refractivity contribution < 1.29 is 9.72 Å². The fraction of sp³-hybridized carbons (Fsp3) is 0.300. The molecule has 0 unspecified atom stereocenters. The predicted molar refractivity (Wildman–Crippen MR) is 64.1 cm³/mol. The van der Waals surface area contributed by atoms with Crippen LogP contribution >= 0.6 is 11.6 Å². The zero-order valence-electron chi connectivity index (χ0n) is 8.98. The highest BCUT2D eigenvalue weighted by Crippen LogP contribution is 2.20.